The van der Waals surface area contributed by atoms with Gasteiger partial charge in [0.15, 0.2) is 0 Å². The number of aryl methyl sites for hydroxylation is 1. The second-order valence-electron chi connectivity index (χ2n) is 6.12. The number of halogens is 3. The van der Waals surface area contributed by atoms with Gasteiger partial charge in [-0.2, -0.15) is 13.2 Å². The molecule has 0 saturated carbocycles. The van der Waals surface area contributed by atoms with Crippen LogP contribution >= 0.6 is 0 Å². The molecule has 1 aromatic carbocycles. The molecule has 0 radical (unpaired) electrons. The monoisotopic (exact) mass is 383 g/mol. The highest BCUT2D eigenvalue weighted by molar-refractivity contribution is 5.97. The number of amides is 1. The zero-order chi connectivity index (χ0) is 20.3. The molecule has 3 rings (SSSR count). The average molecular weight is 383 g/mol. The molecular weight excluding hydrogens is 367 g/mol. The summed E-state index contributed by atoms with van der Waals surface area (Å²) in [6.07, 6.45) is -3.03. The highest BCUT2D eigenvalue weighted by Crippen LogP contribution is 2.36. The van der Waals surface area contributed by atoms with Gasteiger partial charge in [0, 0.05) is 17.1 Å². The summed E-state index contributed by atoms with van der Waals surface area (Å²) in [7, 11) is 0. The molecule has 4 nitrogen and oxygen atoms in total. The molecule has 28 heavy (non-hydrogen) atoms. The van der Waals surface area contributed by atoms with E-state index in [-0.39, 0.29) is 23.3 Å². The van der Waals surface area contributed by atoms with Gasteiger partial charge in [-0.15, -0.1) is 5.92 Å². The van der Waals surface area contributed by atoms with Crippen molar-refractivity contribution in [1.29, 1.82) is 0 Å². The van der Waals surface area contributed by atoms with Crippen LogP contribution in [0.15, 0.2) is 42.6 Å². The maximum absolute atomic E-state index is 13.6. The summed E-state index contributed by atoms with van der Waals surface area (Å²) in [5, 5.41) is 2.94. The Balaban J connectivity index is 2.04. The van der Waals surface area contributed by atoms with Gasteiger partial charge >= 0.3 is 6.18 Å². The number of carbonyl (C=O) groups excluding carboxylic acids is 1. The maximum atomic E-state index is 13.6. The number of hydrogen-bond donors (Lipinski definition) is 1. The maximum Gasteiger partial charge on any atom is 0.418 e. The minimum Gasteiger partial charge on any atom is -0.345 e. The summed E-state index contributed by atoms with van der Waals surface area (Å²) < 4.78 is 40.7. The molecule has 0 bridgehead atoms. The fraction of sp³-hybridized carbons (Fsp3) is 0.190. The van der Waals surface area contributed by atoms with Crippen LogP contribution in [0, 0.1) is 18.8 Å². The van der Waals surface area contributed by atoms with Crippen LogP contribution in [-0.4, -0.2) is 15.9 Å². The molecular formula is C21H16F3N3O. The van der Waals surface area contributed by atoms with Crippen molar-refractivity contribution in [2.75, 3.05) is 0 Å². The molecule has 1 amide bonds. The Bertz CT molecular complexity index is 1100. The molecule has 0 aliphatic rings. The number of nitrogens with zero attached hydrogens (tertiary/aromatic N) is 2. The van der Waals surface area contributed by atoms with Gasteiger partial charge in [-0.1, -0.05) is 12.0 Å². The third-order valence-electron chi connectivity index (χ3n) is 4.08. The van der Waals surface area contributed by atoms with E-state index in [0.717, 1.165) is 6.07 Å². The highest BCUT2D eigenvalue weighted by Gasteiger charge is 2.34. The molecule has 0 aliphatic carbocycles. The first kappa shape index (κ1) is 19.4. The van der Waals surface area contributed by atoms with Crippen molar-refractivity contribution in [3.8, 4) is 11.8 Å². The normalized spacial score (nSPS) is 11.0. The molecule has 0 aliphatic heterocycles. The first-order valence-electron chi connectivity index (χ1n) is 8.43. The largest absolute Gasteiger partial charge is 0.418 e. The molecule has 0 unspecified atom stereocenters. The van der Waals surface area contributed by atoms with Gasteiger partial charge in [-0.05, 0) is 49.7 Å². The van der Waals surface area contributed by atoms with Gasteiger partial charge in [-0.3, -0.25) is 9.78 Å². The molecule has 7 heteroatoms. The molecule has 0 atom stereocenters. The molecule has 0 saturated heterocycles. The van der Waals surface area contributed by atoms with Crippen molar-refractivity contribution in [2.24, 2.45) is 0 Å². The zero-order valence-corrected chi connectivity index (χ0v) is 15.2. The molecule has 0 fully saturated rings. The molecule has 0 spiro atoms. The predicted octanol–water partition coefficient (Wildman–Crippen LogP) is 4.26. The number of aromatic nitrogens is 2. The van der Waals surface area contributed by atoms with Crippen LogP contribution in [0.4, 0.5) is 13.2 Å². The number of hydrogen-bond acceptors (Lipinski definition) is 3. The van der Waals surface area contributed by atoms with E-state index in [1.54, 1.807) is 44.3 Å². The molecule has 1 N–H and O–H groups in total. The summed E-state index contributed by atoms with van der Waals surface area (Å²) in [5.74, 6) is 4.68. The summed E-state index contributed by atoms with van der Waals surface area (Å²) in [6, 6.07) is 9.24. The molecule has 142 valence electrons. The quantitative estimate of drug-likeness (QED) is 0.688. The number of carbonyl (C=O) groups is 1. The van der Waals surface area contributed by atoms with Gasteiger partial charge in [0.2, 0.25) is 0 Å². The summed E-state index contributed by atoms with van der Waals surface area (Å²) >= 11 is 0. The highest BCUT2D eigenvalue weighted by atomic mass is 19.4. The minimum atomic E-state index is -4.62. The number of pyridine rings is 2. The van der Waals surface area contributed by atoms with E-state index < -0.39 is 17.6 Å². The van der Waals surface area contributed by atoms with Crippen molar-refractivity contribution in [2.45, 2.75) is 26.6 Å². The first-order chi connectivity index (χ1) is 13.3. The minimum absolute atomic E-state index is 0.0826. The van der Waals surface area contributed by atoms with Crippen LogP contribution in [0.25, 0.3) is 10.9 Å². The van der Waals surface area contributed by atoms with E-state index in [9.17, 15) is 18.0 Å². The summed E-state index contributed by atoms with van der Waals surface area (Å²) in [5.41, 5.74) is 0.132. The van der Waals surface area contributed by atoms with Crippen LogP contribution in [0.3, 0.4) is 0 Å². The van der Waals surface area contributed by atoms with E-state index in [4.69, 9.17) is 0 Å². The Morgan fingerprint density at radius 1 is 1.21 bits per heavy atom. The lowest BCUT2D eigenvalue weighted by Gasteiger charge is -2.14. The van der Waals surface area contributed by atoms with Crippen molar-refractivity contribution in [3.05, 3.63) is 70.7 Å². The lowest BCUT2D eigenvalue weighted by molar-refractivity contribution is -0.136. The molecule has 3 aromatic rings. The van der Waals surface area contributed by atoms with E-state index in [1.165, 1.54) is 6.07 Å². The Morgan fingerprint density at radius 3 is 2.64 bits per heavy atom. The lowest BCUT2D eigenvalue weighted by atomic mass is 10.0. The van der Waals surface area contributed by atoms with Crippen molar-refractivity contribution < 1.29 is 18.0 Å². The third kappa shape index (κ3) is 4.12. The fourth-order valence-corrected chi connectivity index (χ4v) is 2.80. The van der Waals surface area contributed by atoms with E-state index in [2.05, 4.69) is 27.1 Å². The standard InChI is InChI=1S/C21H16F3N3O/c1-3-6-14-10-16-13(2)9-18(27-19(16)17(11-14)21(22,23)24)20(28)26-12-15-7-4-5-8-25-15/h4-5,7-11H,12H2,1-2H3,(H,26,28). The van der Waals surface area contributed by atoms with Crippen LogP contribution in [0.5, 0.6) is 0 Å². The van der Waals surface area contributed by atoms with E-state index in [0.29, 0.717) is 16.6 Å². The second-order valence-corrected chi connectivity index (χ2v) is 6.12. The Kier molecular flexibility index (Phi) is 5.32. The average Bonchev–Trinajstić information content (AvgIpc) is 2.66. The van der Waals surface area contributed by atoms with Crippen LogP contribution in [0.2, 0.25) is 0 Å². The molecule has 2 aromatic heterocycles. The number of nitrogens with one attached hydrogen (secondary N) is 1. The fourth-order valence-electron chi connectivity index (χ4n) is 2.80. The van der Waals surface area contributed by atoms with Crippen LogP contribution in [-0.2, 0) is 12.7 Å². The van der Waals surface area contributed by atoms with Crippen molar-refractivity contribution in [1.82, 2.24) is 15.3 Å². The SMILES string of the molecule is CC#Cc1cc(C(F)(F)F)c2nc(C(=O)NCc3ccccn3)cc(C)c2c1. The summed E-state index contributed by atoms with van der Waals surface area (Å²) in [4.78, 5) is 20.5. The number of fused-ring (bicyclic) bond motifs is 1. The Hall–Kier alpha value is -3.40. The van der Waals surface area contributed by atoms with Gasteiger partial charge < -0.3 is 5.32 Å². The predicted molar refractivity (Wildman–Crippen MR) is 99.4 cm³/mol. The van der Waals surface area contributed by atoms with Gasteiger partial charge in [0.05, 0.1) is 23.3 Å². The van der Waals surface area contributed by atoms with E-state index >= 15 is 0 Å². The molecule has 2 heterocycles. The lowest BCUT2D eigenvalue weighted by Crippen LogP contribution is -2.24. The van der Waals surface area contributed by atoms with Crippen LogP contribution in [0.1, 0.15) is 39.8 Å². The third-order valence-corrected chi connectivity index (χ3v) is 4.08. The van der Waals surface area contributed by atoms with Gasteiger partial charge in [0.1, 0.15) is 5.69 Å². The van der Waals surface area contributed by atoms with Crippen molar-refractivity contribution in [3.63, 3.8) is 0 Å². The zero-order valence-electron chi connectivity index (χ0n) is 15.2. The summed E-state index contributed by atoms with van der Waals surface area (Å²) in [6.45, 7) is 3.34. The first-order valence-corrected chi connectivity index (χ1v) is 8.43. The van der Waals surface area contributed by atoms with Gasteiger partial charge in [-0.25, -0.2) is 4.98 Å². The smallest absolute Gasteiger partial charge is 0.345 e. The van der Waals surface area contributed by atoms with Gasteiger partial charge in [0.25, 0.3) is 5.91 Å². The van der Waals surface area contributed by atoms with Crippen LogP contribution < -0.4 is 5.32 Å². The van der Waals surface area contributed by atoms with E-state index in [1.807, 2.05) is 0 Å². The second kappa shape index (κ2) is 7.69. The number of rotatable bonds is 3. The number of benzene rings is 1. The number of alkyl halides is 3. The van der Waals surface area contributed by atoms with Crippen molar-refractivity contribution >= 4 is 16.8 Å². The Morgan fingerprint density at radius 2 is 2.00 bits per heavy atom. The topological polar surface area (TPSA) is 54.9 Å². The Labute approximate surface area is 159 Å².